The minimum Gasteiger partial charge on any atom is -0.496 e. The van der Waals surface area contributed by atoms with Gasteiger partial charge in [0.25, 0.3) is 5.91 Å². The first-order valence-electron chi connectivity index (χ1n) is 11.6. The molecule has 0 unspecified atom stereocenters. The lowest BCUT2D eigenvalue weighted by Gasteiger charge is -2.45. The zero-order chi connectivity index (χ0) is 24.6. The number of piperidine rings is 1. The summed E-state index contributed by atoms with van der Waals surface area (Å²) in [5, 5.41) is 8.33. The molecule has 3 heterocycles. The summed E-state index contributed by atoms with van der Waals surface area (Å²) in [5.41, 5.74) is 7.97. The van der Waals surface area contributed by atoms with Crippen molar-refractivity contribution >= 4 is 17.6 Å². The Morgan fingerprint density at radius 2 is 1.85 bits per heavy atom. The highest BCUT2D eigenvalue weighted by Gasteiger charge is 2.44. The van der Waals surface area contributed by atoms with E-state index in [4.69, 9.17) is 20.3 Å². The summed E-state index contributed by atoms with van der Waals surface area (Å²) >= 11 is 0. The predicted molar refractivity (Wildman–Crippen MR) is 130 cm³/mol. The Balaban J connectivity index is 1.79. The molecule has 2 aromatic rings. The lowest BCUT2D eigenvalue weighted by Crippen LogP contribution is -2.49. The number of fused-ring (bicyclic) bond motifs is 1. The van der Waals surface area contributed by atoms with Crippen molar-refractivity contribution in [2.24, 2.45) is 11.7 Å². The number of rotatable bonds is 6. The highest BCUT2D eigenvalue weighted by molar-refractivity contribution is 6.04. The number of benzene rings is 1. The van der Waals surface area contributed by atoms with Gasteiger partial charge in [-0.15, -0.1) is 0 Å². The van der Waals surface area contributed by atoms with Crippen LogP contribution >= 0.6 is 0 Å². The van der Waals surface area contributed by atoms with Crippen LogP contribution in [-0.2, 0) is 10.3 Å². The van der Waals surface area contributed by atoms with Crippen LogP contribution in [0.4, 0.5) is 5.82 Å². The maximum Gasteiger partial charge on any atom is 0.254 e. The Kier molecular flexibility index (Phi) is 6.29. The second-order valence-corrected chi connectivity index (χ2v) is 9.19. The molecular formula is C25H33N5O4. The third kappa shape index (κ3) is 3.78. The van der Waals surface area contributed by atoms with Crippen LogP contribution in [0.1, 0.15) is 42.1 Å². The van der Waals surface area contributed by atoms with Gasteiger partial charge in [-0.3, -0.25) is 9.59 Å². The average Bonchev–Trinajstić information content (AvgIpc) is 3.25. The number of nitrogens with one attached hydrogen (secondary N) is 1. The molecule has 9 nitrogen and oxygen atoms in total. The summed E-state index contributed by atoms with van der Waals surface area (Å²) in [6.07, 6.45) is 3.92. The minimum atomic E-state index is -0.544. The Hall–Kier alpha value is -3.49. The molecule has 34 heavy (non-hydrogen) atoms. The molecule has 1 saturated heterocycles. The van der Waals surface area contributed by atoms with Gasteiger partial charge in [0, 0.05) is 30.8 Å². The van der Waals surface area contributed by atoms with Crippen LogP contribution < -0.4 is 20.5 Å². The monoisotopic (exact) mass is 467 g/mol. The molecular weight excluding hydrogens is 434 g/mol. The first-order chi connectivity index (χ1) is 16.2. The predicted octanol–water partition coefficient (Wildman–Crippen LogP) is 2.93. The number of likely N-dealkylation sites (tertiary alicyclic amines) is 1. The quantitative estimate of drug-likeness (QED) is 0.632. The summed E-state index contributed by atoms with van der Waals surface area (Å²) in [6, 6.07) is 3.71. The highest BCUT2D eigenvalue weighted by Crippen LogP contribution is 2.45. The molecule has 2 aliphatic rings. The van der Waals surface area contributed by atoms with E-state index in [0.717, 1.165) is 24.8 Å². The van der Waals surface area contributed by atoms with Crippen molar-refractivity contribution in [3.63, 3.8) is 0 Å². The molecule has 0 spiro atoms. The van der Waals surface area contributed by atoms with Gasteiger partial charge in [-0.1, -0.05) is 6.58 Å². The number of methoxy groups -OCH3 is 2. The summed E-state index contributed by atoms with van der Waals surface area (Å²) in [7, 11) is 3.20. The van der Waals surface area contributed by atoms with E-state index in [1.54, 1.807) is 14.2 Å². The number of carbonyl (C=O) groups is 2. The fourth-order valence-corrected chi connectivity index (χ4v) is 5.38. The lowest BCUT2D eigenvalue weighted by atomic mass is 9.76. The van der Waals surface area contributed by atoms with Gasteiger partial charge < -0.3 is 25.4 Å². The van der Waals surface area contributed by atoms with E-state index in [1.165, 1.54) is 6.08 Å². The molecule has 0 saturated carbocycles. The number of nitrogens with zero attached hydrogens (tertiary/aromatic N) is 3. The van der Waals surface area contributed by atoms with Gasteiger partial charge >= 0.3 is 0 Å². The highest BCUT2D eigenvalue weighted by atomic mass is 16.5. The number of nitrogens with two attached hydrogens (primary N) is 1. The van der Waals surface area contributed by atoms with E-state index >= 15 is 0 Å². The largest absolute Gasteiger partial charge is 0.496 e. The van der Waals surface area contributed by atoms with Crippen LogP contribution in [0, 0.1) is 12.8 Å². The van der Waals surface area contributed by atoms with Crippen molar-refractivity contribution in [3.05, 3.63) is 35.9 Å². The van der Waals surface area contributed by atoms with Crippen molar-refractivity contribution in [1.82, 2.24) is 14.7 Å². The van der Waals surface area contributed by atoms with Crippen LogP contribution in [0.2, 0.25) is 0 Å². The number of hydrogen-bond acceptors (Lipinski definition) is 6. The molecule has 4 rings (SSSR count). The smallest absolute Gasteiger partial charge is 0.254 e. The molecule has 0 radical (unpaired) electrons. The molecule has 1 atom stereocenters. The maximum absolute atomic E-state index is 12.7. The molecule has 1 aromatic heterocycles. The number of ether oxygens (including phenoxy) is 2. The van der Waals surface area contributed by atoms with Gasteiger partial charge in [-0.05, 0) is 57.2 Å². The second-order valence-electron chi connectivity index (χ2n) is 9.19. The van der Waals surface area contributed by atoms with E-state index < -0.39 is 5.91 Å². The van der Waals surface area contributed by atoms with E-state index in [9.17, 15) is 9.59 Å². The van der Waals surface area contributed by atoms with E-state index in [-0.39, 0.29) is 17.4 Å². The number of carbonyl (C=O) groups excluding carboxylic acids is 2. The summed E-state index contributed by atoms with van der Waals surface area (Å²) in [6.45, 7) is 9.76. The summed E-state index contributed by atoms with van der Waals surface area (Å²) in [4.78, 5) is 26.5. The van der Waals surface area contributed by atoms with Crippen LogP contribution in [0.5, 0.6) is 11.5 Å². The van der Waals surface area contributed by atoms with Gasteiger partial charge in [0.05, 0.1) is 19.8 Å². The Bertz CT molecular complexity index is 1110. The molecule has 0 aliphatic carbocycles. The number of anilines is 1. The molecule has 2 aliphatic heterocycles. The van der Waals surface area contributed by atoms with Crippen molar-refractivity contribution in [1.29, 1.82) is 0 Å². The zero-order valence-electron chi connectivity index (χ0n) is 20.3. The van der Waals surface area contributed by atoms with Crippen molar-refractivity contribution in [2.45, 2.75) is 38.6 Å². The SMILES string of the molecule is C=CC(=O)N1CCC([C@@]2(C)CCNc3c(C(N)=O)c(-c4cc(OC)c(C)c(OC)c4)nn32)CC1. The van der Waals surface area contributed by atoms with Gasteiger partial charge in [0.1, 0.15) is 28.6 Å². The van der Waals surface area contributed by atoms with Crippen LogP contribution in [-0.4, -0.2) is 60.3 Å². The Morgan fingerprint density at radius 1 is 1.24 bits per heavy atom. The van der Waals surface area contributed by atoms with Crippen LogP contribution in [0.3, 0.4) is 0 Å². The molecule has 3 N–H and O–H groups in total. The maximum atomic E-state index is 12.7. The standard InChI is InChI=1S/C25H33N5O4/c1-6-20(31)29-11-7-17(8-12-29)25(3)9-10-27-24-21(23(26)32)22(28-30(24)25)16-13-18(33-4)15(2)19(14-16)34-5/h6,13-14,17,27H,1,7-12H2,2-5H3,(H2,26,32)/t25-/m1/s1. The fourth-order valence-electron chi connectivity index (χ4n) is 5.38. The van der Waals surface area contributed by atoms with Gasteiger partial charge in [-0.2, -0.15) is 5.10 Å². The second kappa shape index (κ2) is 9.04. The molecule has 0 bridgehead atoms. The minimum absolute atomic E-state index is 0.0331. The third-order valence-corrected chi connectivity index (χ3v) is 7.43. The first kappa shape index (κ1) is 23.7. The number of primary amides is 1. The average molecular weight is 468 g/mol. The molecule has 1 fully saturated rings. The summed E-state index contributed by atoms with van der Waals surface area (Å²) < 4.78 is 13.0. The zero-order valence-corrected chi connectivity index (χ0v) is 20.3. The number of aromatic nitrogens is 2. The molecule has 1 aromatic carbocycles. The molecule has 2 amide bonds. The molecule has 182 valence electrons. The number of hydrogen-bond donors (Lipinski definition) is 2. The van der Waals surface area contributed by atoms with Crippen molar-refractivity contribution < 1.29 is 19.1 Å². The normalized spacial score (nSPS) is 20.3. The lowest BCUT2D eigenvalue weighted by molar-refractivity contribution is -0.128. The van der Waals surface area contributed by atoms with Crippen molar-refractivity contribution in [3.8, 4) is 22.8 Å². The Morgan fingerprint density at radius 3 is 2.38 bits per heavy atom. The molecule has 9 heteroatoms. The topological polar surface area (TPSA) is 112 Å². The van der Waals surface area contributed by atoms with Gasteiger partial charge in [0.2, 0.25) is 5.91 Å². The third-order valence-electron chi connectivity index (χ3n) is 7.43. The van der Waals surface area contributed by atoms with Crippen LogP contribution in [0.15, 0.2) is 24.8 Å². The van der Waals surface area contributed by atoms with Gasteiger partial charge in [-0.25, -0.2) is 4.68 Å². The van der Waals surface area contributed by atoms with E-state index in [1.807, 2.05) is 28.6 Å². The Labute approximate surface area is 199 Å². The van der Waals surface area contributed by atoms with Gasteiger partial charge in [0.15, 0.2) is 0 Å². The van der Waals surface area contributed by atoms with E-state index in [2.05, 4.69) is 18.8 Å². The van der Waals surface area contributed by atoms with E-state index in [0.29, 0.717) is 53.8 Å². The van der Waals surface area contributed by atoms with Crippen molar-refractivity contribution in [2.75, 3.05) is 39.2 Å². The number of amides is 2. The first-order valence-corrected chi connectivity index (χ1v) is 11.6. The van der Waals surface area contributed by atoms with Crippen LogP contribution in [0.25, 0.3) is 11.3 Å². The fraction of sp³-hybridized carbons (Fsp3) is 0.480. The summed E-state index contributed by atoms with van der Waals surface area (Å²) in [5.74, 6) is 1.64.